The van der Waals surface area contributed by atoms with Crippen molar-refractivity contribution in [2.24, 2.45) is 0 Å². The SMILES string of the molecule is CCCC(C)(C)N1CCNC(Cc2ccccc2)C1. The average molecular weight is 260 g/mol. The molecule has 0 aliphatic carbocycles. The van der Waals surface area contributed by atoms with Gasteiger partial charge in [0.25, 0.3) is 0 Å². The number of hydrogen-bond donors (Lipinski definition) is 1. The van der Waals surface area contributed by atoms with Gasteiger partial charge >= 0.3 is 0 Å². The molecule has 0 bridgehead atoms. The van der Waals surface area contributed by atoms with Crippen LogP contribution in [0.1, 0.15) is 39.2 Å². The van der Waals surface area contributed by atoms with Crippen LogP contribution in [0.2, 0.25) is 0 Å². The quantitative estimate of drug-likeness (QED) is 0.875. The zero-order chi connectivity index (χ0) is 13.7. The second kappa shape index (κ2) is 6.53. The molecule has 1 aromatic carbocycles. The lowest BCUT2D eigenvalue weighted by molar-refractivity contribution is 0.0748. The summed E-state index contributed by atoms with van der Waals surface area (Å²) in [6.45, 7) is 10.5. The van der Waals surface area contributed by atoms with Gasteiger partial charge in [0.15, 0.2) is 0 Å². The minimum Gasteiger partial charge on any atom is -0.311 e. The maximum atomic E-state index is 3.67. The van der Waals surface area contributed by atoms with E-state index in [0.717, 1.165) is 13.0 Å². The van der Waals surface area contributed by atoms with Gasteiger partial charge < -0.3 is 5.32 Å². The number of piperazine rings is 1. The van der Waals surface area contributed by atoms with E-state index in [1.165, 1.54) is 31.5 Å². The third kappa shape index (κ3) is 4.05. The minimum absolute atomic E-state index is 0.339. The van der Waals surface area contributed by atoms with Gasteiger partial charge in [0.1, 0.15) is 0 Å². The predicted octanol–water partition coefficient (Wildman–Crippen LogP) is 3.08. The summed E-state index contributed by atoms with van der Waals surface area (Å²) in [5.41, 5.74) is 1.78. The van der Waals surface area contributed by atoms with E-state index >= 15 is 0 Å². The molecule has 1 aromatic rings. The summed E-state index contributed by atoms with van der Waals surface area (Å²) in [7, 11) is 0. The van der Waals surface area contributed by atoms with Crippen LogP contribution >= 0.6 is 0 Å². The Morgan fingerprint density at radius 3 is 2.68 bits per heavy atom. The van der Waals surface area contributed by atoms with Crippen LogP contribution in [0.4, 0.5) is 0 Å². The van der Waals surface area contributed by atoms with E-state index in [1.54, 1.807) is 0 Å². The molecule has 19 heavy (non-hydrogen) atoms. The molecule has 1 fully saturated rings. The Morgan fingerprint density at radius 1 is 1.26 bits per heavy atom. The molecule has 0 radical (unpaired) electrons. The maximum Gasteiger partial charge on any atom is 0.0236 e. The summed E-state index contributed by atoms with van der Waals surface area (Å²) in [5, 5.41) is 3.67. The largest absolute Gasteiger partial charge is 0.311 e. The summed E-state index contributed by atoms with van der Waals surface area (Å²) < 4.78 is 0. The predicted molar refractivity (Wildman–Crippen MR) is 82.5 cm³/mol. The summed E-state index contributed by atoms with van der Waals surface area (Å²) in [4.78, 5) is 2.67. The second-order valence-corrected chi connectivity index (χ2v) is 6.35. The van der Waals surface area contributed by atoms with Gasteiger partial charge in [-0.1, -0.05) is 43.7 Å². The average Bonchev–Trinajstić information content (AvgIpc) is 2.40. The van der Waals surface area contributed by atoms with E-state index in [1.807, 2.05) is 0 Å². The molecule has 2 nitrogen and oxygen atoms in total. The van der Waals surface area contributed by atoms with E-state index in [2.05, 4.69) is 61.3 Å². The standard InChI is InChI=1S/C17H28N2/c1-4-10-17(2,3)19-12-11-18-16(14-19)13-15-8-6-5-7-9-15/h5-9,16,18H,4,10-14H2,1-3H3. The topological polar surface area (TPSA) is 15.3 Å². The number of hydrogen-bond acceptors (Lipinski definition) is 2. The minimum atomic E-state index is 0.339. The van der Waals surface area contributed by atoms with Crippen molar-refractivity contribution in [3.8, 4) is 0 Å². The van der Waals surface area contributed by atoms with E-state index in [4.69, 9.17) is 0 Å². The lowest BCUT2D eigenvalue weighted by Crippen LogP contribution is -2.58. The Hall–Kier alpha value is -0.860. The van der Waals surface area contributed by atoms with Crippen molar-refractivity contribution in [2.45, 2.75) is 51.6 Å². The Kier molecular flexibility index (Phi) is 5.00. The Labute approximate surface area is 118 Å². The monoisotopic (exact) mass is 260 g/mol. The van der Waals surface area contributed by atoms with Crippen LogP contribution in [0.5, 0.6) is 0 Å². The van der Waals surface area contributed by atoms with Crippen LogP contribution < -0.4 is 5.32 Å². The van der Waals surface area contributed by atoms with E-state index in [-0.39, 0.29) is 0 Å². The molecule has 0 aromatic heterocycles. The highest BCUT2D eigenvalue weighted by molar-refractivity contribution is 5.16. The Balaban J connectivity index is 1.94. The van der Waals surface area contributed by atoms with Crippen LogP contribution in [0.25, 0.3) is 0 Å². The zero-order valence-corrected chi connectivity index (χ0v) is 12.7. The van der Waals surface area contributed by atoms with Crippen molar-refractivity contribution in [3.63, 3.8) is 0 Å². The normalized spacial score (nSPS) is 21.5. The van der Waals surface area contributed by atoms with Gasteiger partial charge in [0.2, 0.25) is 0 Å². The highest BCUT2D eigenvalue weighted by atomic mass is 15.2. The van der Waals surface area contributed by atoms with Crippen molar-refractivity contribution in [1.82, 2.24) is 10.2 Å². The molecule has 1 unspecified atom stereocenters. The molecular formula is C17H28N2. The van der Waals surface area contributed by atoms with Crippen molar-refractivity contribution >= 4 is 0 Å². The maximum absolute atomic E-state index is 3.67. The fourth-order valence-electron chi connectivity index (χ4n) is 3.18. The van der Waals surface area contributed by atoms with Gasteiger partial charge in [-0.05, 0) is 32.3 Å². The lowest BCUT2D eigenvalue weighted by Gasteiger charge is -2.44. The molecule has 1 aliphatic heterocycles. The van der Waals surface area contributed by atoms with Gasteiger partial charge in [-0.25, -0.2) is 0 Å². The van der Waals surface area contributed by atoms with Gasteiger partial charge in [0.05, 0.1) is 0 Å². The molecule has 0 spiro atoms. The molecule has 1 atom stereocenters. The molecule has 0 amide bonds. The molecule has 1 N–H and O–H groups in total. The van der Waals surface area contributed by atoms with Crippen molar-refractivity contribution in [2.75, 3.05) is 19.6 Å². The molecule has 1 aliphatic rings. The Bertz CT molecular complexity index is 372. The fourth-order valence-corrected chi connectivity index (χ4v) is 3.18. The summed E-state index contributed by atoms with van der Waals surface area (Å²) in [6, 6.07) is 11.4. The molecular weight excluding hydrogens is 232 g/mol. The summed E-state index contributed by atoms with van der Waals surface area (Å²) >= 11 is 0. The molecule has 1 heterocycles. The third-order valence-corrected chi connectivity index (χ3v) is 4.30. The fraction of sp³-hybridized carbons (Fsp3) is 0.647. The van der Waals surface area contributed by atoms with Crippen LogP contribution in [0.15, 0.2) is 30.3 Å². The van der Waals surface area contributed by atoms with Crippen molar-refractivity contribution < 1.29 is 0 Å². The number of benzene rings is 1. The van der Waals surface area contributed by atoms with E-state index < -0.39 is 0 Å². The van der Waals surface area contributed by atoms with Crippen LogP contribution in [-0.4, -0.2) is 36.1 Å². The van der Waals surface area contributed by atoms with Crippen LogP contribution in [0.3, 0.4) is 0 Å². The molecule has 106 valence electrons. The van der Waals surface area contributed by atoms with Gasteiger partial charge in [0, 0.05) is 31.2 Å². The van der Waals surface area contributed by atoms with Crippen LogP contribution in [-0.2, 0) is 6.42 Å². The second-order valence-electron chi connectivity index (χ2n) is 6.35. The lowest BCUT2D eigenvalue weighted by atomic mass is 9.93. The van der Waals surface area contributed by atoms with Gasteiger partial charge in [-0.15, -0.1) is 0 Å². The first-order valence-electron chi connectivity index (χ1n) is 7.64. The smallest absolute Gasteiger partial charge is 0.0236 e. The van der Waals surface area contributed by atoms with Gasteiger partial charge in [-0.2, -0.15) is 0 Å². The number of nitrogens with one attached hydrogen (secondary N) is 1. The molecule has 0 saturated carbocycles. The van der Waals surface area contributed by atoms with Crippen molar-refractivity contribution in [1.29, 1.82) is 0 Å². The summed E-state index contributed by atoms with van der Waals surface area (Å²) in [5.74, 6) is 0. The number of nitrogens with zero attached hydrogens (tertiary/aromatic N) is 1. The Morgan fingerprint density at radius 2 is 2.00 bits per heavy atom. The van der Waals surface area contributed by atoms with E-state index in [9.17, 15) is 0 Å². The highest BCUT2D eigenvalue weighted by Crippen LogP contribution is 2.22. The first kappa shape index (κ1) is 14.5. The molecule has 2 rings (SSSR count). The van der Waals surface area contributed by atoms with E-state index in [0.29, 0.717) is 11.6 Å². The first-order chi connectivity index (χ1) is 9.12. The van der Waals surface area contributed by atoms with Crippen molar-refractivity contribution in [3.05, 3.63) is 35.9 Å². The zero-order valence-electron chi connectivity index (χ0n) is 12.7. The highest BCUT2D eigenvalue weighted by Gasteiger charge is 2.30. The number of rotatable bonds is 5. The first-order valence-corrected chi connectivity index (χ1v) is 7.64. The molecule has 1 saturated heterocycles. The van der Waals surface area contributed by atoms with Gasteiger partial charge in [-0.3, -0.25) is 4.90 Å². The van der Waals surface area contributed by atoms with Crippen LogP contribution in [0, 0.1) is 0 Å². The third-order valence-electron chi connectivity index (χ3n) is 4.30. The summed E-state index contributed by atoms with van der Waals surface area (Å²) in [6.07, 6.45) is 3.69. The molecule has 2 heteroatoms.